The molecule has 0 radical (unpaired) electrons. The summed E-state index contributed by atoms with van der Waals surface area (Å²) in [6.07, 6.45) is 5.38. The van der Waals surface area contributed by atoms with Crippen molar-refractivity contribution in [3.8, 4) is 5.69 Å². The smallest absolute Gasteiger partial charge is 0.0815 e. The summed E-state index contributed by atoms with van der Waals surface area (Å²) in [5.74, 6) is 0. The molecule has 4 heteroatoms. The molecular formula is C16H24N4. The largest absolute Gasteiger partial charge is 0.306 e. The second-order valence-corrected chi connectivity index (χ2v) is 5.42. The Balaban J connectivity index is 2.27. The number of para-hydroxylation sites is 1. The van der Waals surface area contributed by atoms with E-state index in [9.17, 15) is 0 Å². The summed E-state index contributed by atoms with van der Waals surface area (Å²) in [6, 6.07) is 10.9. The molecule has 1 unspecified atom stereocenters. The zero-order valence-corrected chi connectivity index (χ0v) is 12.6. The molecule has 108 valence electrons. The van der Waals surface area contributed by atoms with Crippen molar-refractivity contribution in [2.45, 2.75) is 52.1 Å². The van der Waals surface area contributed by atoms with E-state index in [0.29, 0.717) is 12.1 Å². The molecular weight excluding hydrogens is 248 g/mol. The van der Waals surface area contributed by atoms with Crippen LogP contribution in [0.2, 0.25) is 0 Å². The van der Waals surface area contributed by atoms with Crippen LogP contribution < -0.4 is 5.32 Å². The van der Waals surface area contributed by atoms with Crippen molar-refractivity contribution < 1.29 is 0 Å². The Labute approximate surface area is 121 Å². The Morgan fingerprint density at radius 1 is 1.20 bits per heavy atom. The molecule has 1 aromatic heterocycles. The van der Waals surface area contributed by atoms with E-state index < -0.39 is 0 Å². The number of hydrogen-bond acceptors (Lipinski definition) is 3. The fraction of sp³-hybridized carbons (Fsp3) is 0.500. The Morgan fingerprint density at radius 3 is 2.60 bits per heavy atom. The number of hydrogen-bond donors (Lipinski definition) is 1. The lowest BCUT2D eigenvalue weighted by Crippen LogP contribution is -2.29. The van der Waals surface area contributed by atoms with Crippen LogP contribution in [-0.4, -0.2) is 21.0 Å². The fourth-order valence-corrected chi connectivity index (χ4v) is 2.38. The van der Waals surface area contributed by atoms with Gasteiger partial charge in [0, 0.05) is 6.04 Å². The number of unbranched alkanes of at least 4 members (excludes halogenated alkanes) is 1. The van der Waals surface area contributed by atoms with Crippen molar-refractivity contribution in [1.82, 2.24) is 20.3 Å². The van der Waals surface area contributed by atoms with Gasteiger partial charge < -0.3 is 5.32 Å². The maximum absolute atomic E-state index is 4.25. The third kappa shape index (κ3) is 3.67. The topological polar surface area (TPSA) is 42.7 Å². The molecule has 0 aliphatic carbocycles. The van der Waals surface area contributed by atoms with E-state index in [4.69, 9.17) is 0 Å². The monoisotopic (exact) mass is 272 g/mol. The second kappa shape index (κ2) is 7.20. The Hall–Kier alpha value is -1.68. The zero-order valence-electron chi connectivity index (χ0n) is 12.6. The minimum absolute atomic E-state index is 0.296. The van der Waals surface area contributed by atoms with E-state index in [1.165, 1.54) is 12.8 Å². The summed E-state index contributed by atoms with van der Waals surface area (Å²) in [5, 5.41) is 12.0. The Bertz CT molecular complexity index is 504. The molecule has 20 heavy (non-hydrogen) atoms. The zero-order chi connectivity index (χ0) is 14.4. The highest BCUT2D eigenvalue weighted by atomic mass is 15.4. The molecule has 2 aromatic rings. The van der Waals surface area contributed by atoms with Crippen LogP contribution in [0.1, 0.15) is 51.8 Å². The first-order valence-corrected chi connectivity index (χ1v) is 7.44. The first-order valence-electron chi connectivity index (χ1n) is 7.44. The normalized spacial score (nSPS) is 12.8. The SMILES string of the molecule is CCCCC(NC(C)C)c1cnnn1-c1ccccc1. The molecule has 0 spiro atoms. The molecule has 1 atom stereocenters. The Morgan fingerprint density at radius 2 is 1.95 bits per heavy atom. The maximum Gasteiger partial charge on any atom is 0.0815 e. The number of benzene rings is 1. The first kappa shape index (κ1) is 14.7. The van der Waals surface area contributed by atoms with Gasteiger partial charge in [-0.2, -0.15) is 0 Å². The molecule has 0 fully saturated rings. The van der Waals surface area contributed by atoms with Crippen molar-refractivity contribution in [2.24, 2.45) is 0 Å². The maximum atomic E-state index is 4.25. The third-order valence-corrected chi connectivity index (χ3v) is 3.31. The van der Waals surface area contributed by atoms with Gasteiger partial charge in [-0.3, -0.25) is 0 Å². The molecule has 1 aromatic carbocycles. The van der Waals surface area contributed by atoms with E-state index in [1.807, 2.05) is 29.1 Å². The quantitative estimate of drug-likeness (QED) is 0.839. The van der Waals surface area contributed by atoms with Gasteiger partial charge in [0.25, 0.3) is 0 Å². The van der Waals surface area contributed by atoms with Gasteiger partial charge in [-0.25, -0.2) is 4.68 Å². The summed E-state index contributed by atoms with van der Waals surface area (Å²) in [6.45, 7) is 6.57. The van der Waals surface area contributed by atoms with E-state index in [1.54, 1.807) is 0 Å². The van der Waals surface area contributed by atoms with Crippen molar-refractivity contribution in [3.63, 3.8) is 0 Å². The molecule has 0 bridgehead atoms. The highest BCUT2D eigenvalue weighted by Crippen LogP contribution is 2.21. The molecule has 1 heterocycles. The van der Waals surface area contributed by atoms with Crippen molar-refractivity contribution in [2.75, 3.05) is 0 Å². The second-order valence-electron chi connectivity index (χ2n) is 5.42. The molecule has 0 amide bonds. The molecule has 0 saturated carbocycles. The molecule has 4 nitrogen and oxygen atoms in total. The highest BCUT2D eigenvalue weighted by Gasteiger charge is 2.18. The predicted molar refractivity (Wildman–Crippen MR) is 81.9 cm³/mol. The summed E-state index contributed by atoms with van der Waals surface area (Å²) < 4.78 is 1.94. The van der Waals surface area contributed by atoms with Crippen molar-refractivity contribution >= 4 is 0 Å². The van der Waals surface area contributed by atoms with Crippen LogP contribution in [0.3, 0.4) is 0 Å². The van der Waals surface area contributed by atoms with E-state index >= 15 is 0 Å². The molecule has 2 rings (SSSR count). The minimum atomic E-state index is 0.296. The minimum Gasteiger partial charge on any atom is -0.306 e. The third-order valence-electron chi connectivity index (χ3n) is 3.31. The van der Waals surface area contributed by atoms with Crippen LogP contribution in [0, 0.1) is 0 Å². The lowest BCUT2D eigenvalue weighted by molar-refractivity contribution is 0.424. The molecule has 1 N–H and O–H groups in total. The van der Waals surface area contributed by atoms with Gasteiger partial charge in [-0.05, 0) is 18.6 Å². The van der Waals surface area contributed by atoms with Crippen molar-refractivity contribution in [3.05, 3.63) is 42.2 Å². The van der Waals surface area contributed by atoms with Gasteiger partial charge in [0.2, 0.25) is 0 Å². The first-order chi connectivity index (χ1) is 9.72. The Kier molecular flexibility index (Phi) is 5.30. The standard InChI is InChI=1S/C16H24N4/c1-4-5-11-15(18-13(2)3)16-12-17-19-20(16)14-9-7-6-8-10-14/h6-10,12-13,15,18H,4-5,11H2,1-3H3. The number of nitrogens with one attached hydrogen (secondary N) is 1. The van der Waals surface area contributed by atoms with Crippen LogP contribution in [0.25, 0.3) is 5.69 Å². The van der Waals surface area contributed by atoms with E-state index in [2.05, 4.69) is 48.5 Å². The predicted octanol–water partition coefficient (Wildman–Crippen LogP) is 3.50. The van der Waals surface area contributed by atoms with Crippen LogP contribution >= 0.6 is 0 Å². The summed E-state index contributed by atoms with van der Waals surface area (Å²) in [5.41, 5.74) is 2.20. The molecule has 0 saturated heterocycles. The molecule has 0 aliphatic heterocycles. The summed E-state index contributed by atoms with van der Waals surface area (Å²) in [7, 11) is 0. The van der Waals surface area contributed by atoms with Gasteiger partial charge in [0.05, 0.1) is 23.6 Å². The number of rotatable bonds is 7. The number of aromatic nitrogens is 3. The lowest BCUT2D eigenvalue weighted by atomic mass is 10.1. The van der Waals surface area contributed by atoms with Crippen LogP contribution in [-0.2, 0) is 0 Å². The van der Waals surface area contributed by atoms with Crippen LogP contribution in [0.4, 0.5) is 0 Å². The van der Waals surface area contributed by atoms with E-state index in [0.717, 1.165) is 17.8 Å². The van der Waals surface area contributed by atoms with E-state index in [-0.39, 0.29) is 0 Å². The fourth-order valence-electron chi connectivity index (χ4n) is 2.38. The van der Waals surface area contributed by atoms with Gasteiger partial charge in [-0.15, -0.1) is 5.10 Å². The lowest BCUT2D eigenvalue weighted by Gasteiger charge is -2.21. The number of nitrogens with zero attached hydrogens (tertiary/aromatic N) is 3. The van der Waals surface area contributed by atoms with Crippen LogP contribution in [0.15, 0.2) is 36.5 Å². The van der Waals surface area contributed by atoms with Crippen LogP contribution in [0.5, 0.6) is 0 Å². The highest BCUT2D eigenvalue weighted by molar-refractivity contribution is 5.32. The van der Waals surface area contributed by atoms with Crippen molar-refractivity contribution in [1.29, 1.82) is 0 Å². The summed E-state index contributed by atoms with van der Waals surface area (Å²) in [4.78, 5) is 0. The van der Waals surface area contributed by atoms with Gasteiger partial charge in [0.15, 0.2) is 0 Å². The van der Waals surface area contributed by atoms with Gasteiger partial charge in [0.1, 0.15) is 0 Å². The average molecular weight is 272 g/mol. The molecule has 0 aliphatic rings. The summed E-state index contributed by atoms with van der Waals surface area (Å²) >= 11 is 0. The van der Waals surface area contributed by atoms with Gasteiger partial charge >= 0.3 is 0 Å². The van der Waals surface area contributed by atoms with Gasteiger partial charge in [-0.1, -0.05) is 57.0 Å². The average Bonchev–Trinajstić information content (AvgIpc) is 2.93.